The highest BCUT2D eigenvalue weighted by Gasteiger charge is 2.10. The standard InChI is InChI=1S/C12H13Cl2N5O/c13-9-2-1-3-10(14)12(9)16-11(20)4-5-19-7-8(6-15)17-18-19/h1-3,7H,4-6,15H2,(H,16,20). The van der Waals surface area contributed by atoms with Crippen molar-refractivity contribution in [1.82, 2.24) is 15.0 Å². The van der Waals surface area contributed by atoms with Crippen LogP contribution in [-0.4, -0.2) is 20.9 Å². The van der Waals surface area contributed by atoms with Crippen molar-refractivity contribution in [3.05, 3.63) is 40.1 Å². The molecule has 0 saturated heterocycles. The highest BCUT2D eigenvalue weighted by molar-refractivity contribution is 6.39. The van der Waals surface area contributed by atoms with Gasteiger partial charge in [0, 0.05) is 19.2 Å². The van der Waals surface area contributed by atoms with E-state index in [4.69, 9.17) is 28.9 Å². The molecule has 2 aromatic rings. The van der Waals surface area contributed by atoms with Crippen molar-refractivity contribution >= 4 is 34.8 Å². The number of halogens is 2. The molecule has 8 heteroatoms. The molecular weight excluding hydrogens is 301 g/mol. The van der Waals surface area contributed by atoms with Crippen molar-refractivity contribution in [2.24, 2.45) is 5.73 Å². The fraction of sp³-hybridized carbons (Fsp3) is 0.250. The predicted molar refractivity (Wildman–Crippen MR) is 77.6 cm³/mol. The molecule has 0 radical (unpaired) electrons. The minimum Gasteiger partial charge on any atom is -0.325 e. The van der Waals surface area contributed by atoms with Crippen LogP contribution in [0.2, 0.25) is 10.0 Å². The van der Waals surface area contributed by atoms with Crippen molar-refractivity contribution in [2.45, 2.75) is 19.5 Å². The lowest BCUT2D eigenvalue weighted by atomic mass is 10.3. The number of carbonyl (C=O) groups excluding carboxylic acids is 1. The van der Waals surface area contributed by atoms with E-state index in [2.05, 4.69) is 15.6 Å². The smallest absolute Gasteiger partial charge is 0.226 e. The Morgan fingerprint density at radius 1 is 1.35 bits per heavy atom. The van der Waals surface area contributed by atoms with E-state index in [9.17, 15) is 4.79 Å². The quantitative estimate of drug-likeness (QED) is 0.884. The molecular formula is C12H13Cl2N5O. The normalized spacial score (nSPS) is 10.6. The van der Waals surface area contributed by atoms with E-state index in [-0.39, 0.29) is 12.3 Å². The molecule has 1 aromatic carbocycles. The zero-order valence-electron chi connectivity index (χ0n) is 10.5. The van der Waals surface area contributed by atoms with Crippen LogP contribution < -0.4 is 11.1 Å². The first-order valence-corrected chi connectivity index (χ1v) is 6.68. The summed E-state index contributed by atoms with van der Waals surface area (Å²) in [5.41, 5.74) is 6.53. The lowest BCUT2D eigenvalue weighted by Crippen LogP contribution is -2.15. The van der Waals surface area contributed by atoms with Gasteiger partial charge in [0.05, 0.1) is 28.0 Å². The molecule has 106 valence electrons. The van der Waals surface area contributed by atoms with Crippen molar-refractivity contribution in [1.29, 1.82) is 0 Å². The summed E-state index contributed by atoms with van der Waals surface area (Å²) in [7, 11) is 0. The SMILES string of the molecule is NCc1cn(CCC(=O)Nc2c(Cl)cccc2Cl)nn1. The van der Waals surface area contributed by atoms with Crippen molar-refractivity contribution in [3.63, 3.8) is 0 Å². The number of amides is 1. The van der Waals surface area contributed by atoms with Crippen LogP contribution in [0.5, 0.6) is 0 Å². The monoisotopic (exact) mass is 313 g/mol. The van der Waals surface area contributed by atoms with Gasteiger partial charge in [-0.2, -0.15) is 0 Å². The Labute approximate surface area is 125 Å². The van der Waals surface area contributed by atoms with E-state index in [0.29, 0.717) is 34.5 Å². The summed E-state index contributed by atoms with van der Waals surface area (Å²) in [6.07, 6.45) is 1.94. The first kappa shape index (κ1) is 14.8. The summed E-state index contributed by atoms with van der Waals surface area (Å²) in [6, 6.07) is 5.03. The number of rotatable bonds is 5. The van der Waals surface area contributed by atoms with Gasteiger partial charge >= 0.3 is 0 Å². The molecule has 1 aromatic heterocycles. The Kier molecular flexibility index (Phi) is 4.94. The largest absolute Gasteiger partial charge is 0.325 e. The molecule has 0 bridgehead atoms. The second kappa shape index (κ2) is 6.69. The highest BCUT2D eigenvalue weighted by Crippen LogP contribution is 2.29. The van der Waals surface area contributed by atoms with Gasteiger partial charge in [-0.15, -0.1) is 5.10 Å². The molecule has 6 nitrogen and oxygen atoms in total. The molecule has 0 unspecified atom stereocenters. The topological polar surface area (TPSA) is 85.8 Å². The van der Waals surface area contributed by atoms with Crippen LogP contribution in [0.3, 0.4) is 0 Å². The average molecular weight is 314 g/mol. The van der Waals surface area contributed by atoms with Crippen molar-refractivity contribution in [3.8, 4) is 0 Å². The van der Waals surface area contributed by atoms with Gasteiger partial charge in [-0.25, -0.2) is 0 Å². The minimum atomic E-state index is -0.204. The maximum Gasteiger partial charge on any atom is 0.226 e. The lowest BCUT2D eigenvalue weighted by molar-refractivity contribution is -0.116. The third-order valence-corrected chi connectivity index (χ3v) is 3.22. The molecule has 1 heterocycles. The molecule has 1 amide bonds. The number of nitrogens with one attached hydrogen (secondary N) is 1. The number of benzene rings is 1. The minimum absolute atomic E-state index is 0.204. The molecule has 3 N–H and O–H groups in total. The lowest BCUT2D eigenvalue weighted by Gasteiger charge is -2.08. The Hall–Kier alpha value is -1.63. The molecule has 0 spiro atoms. The van der Waals surface area contributed by atoms with Gasteiger partial charge in [-0.1, -0.05) is 34.5 Å². The number of carbonyl (C=O) groups is 1. The number of hydrogen-bond acceptors (Lipinski definition) is 4. The number of hydrogen-bond donors (Lipinski definition) is 2. The summed E-state index contributed by atoms with van der Waals surface area (Å²) in [5, 5.41) is 11.2. The van der Waals surface area contributed by atoms with E-state index in [1.165, 1.54) is 0 Å². The molecule has 0 aliphatic rings. The fourth-order valence-electron chi connectivity index (χ4n) is 1.58. The molecule has 0 saturated carbocycles. The van der Waals surface area contributed by atoms with Gasteiger partial charge in [-0.3, -0.25) is 9.48 Å². The molecule has 0 aliphatic carbocycles. The van der Waals surface area contributed by atoms with E-state index in [0.717, 1.165) is 0 Å². The average Bonchev–Trinajstić information content (AvgIpc) is 2.89. The molecule has 0 aliphatic heterocycles. The second-order valence-corrected chi connectivity index (χ2v) is 4.89. The zero-order chi connectivity index (χ0) is 14.5. The molecule has 0 atom stereocenters. The summed E-state index contributed by atoms with van der Waals surface area (Å²) in [6.45, 7) is 0.725. The van der Waals surface area contributed by atoms with Crippen molar-refractivity contribution in [2.75, 3.05) is 5.32 Å². The molecule has 2 rings (SSSR count). The van der Waals surface area contributed by atoms with E-state index in [1.807, 2.05) is 0 Å². The van der Waals surface area contributed by atoms with Crippen LogP contribution in [0.4, 0.5) is 5.69 Å². The van der Waals surface area contributed by atoms with Gasteiger partial charge in [-0.05, 0) is 12.1 Å². The highest BCUT2D eigenvalue weighted by atomic mass is 35.5. The van der Waals surface area contributed by atoms with Crippen molar-refractivity contribution < 1.29 is 4.79 Å². The van der Waals surface area contributed by atoms with Crippen LogP contribution in [0.25, 0.3) is 0 Å². The maximum atomic E-state index is 11.9. The first-order chi connectivity index (χ1) is 9.60. The number of nitrogens with two attached hydrogens (primary N) is 1. The Bertz CT molecular complexity index is 593. The Morgan fingerprint density at radius 2 is 2.05 bits per heavy atom. The Morgan fingerprint density at radius 3 is 2.65 bits per heavy atom. The van der Waals surface area contributed by atoms with Gasteiger partial charge in [0.2, 0.25) is 5.91 Å². The zero-order valence-corrected chi connectivity index (χ0v) is 12.0. The fourth-order valence-corrected chi connectivity index (χ4v) is 2.07. The number of aryl methyl sites for hydroxylation is 1. The van der Waals surface area contributed by atoms with E-state index >= 15 is 0 Å². The van der Waals surface area contributed by atoms with Gasteiger partial charge < -0.3 is 11.1 Å². The van der Waals surface area contributed by atoms with Gasteiger partial charge in [0.1, 0.15) is 0 Å². The summed E-state index contributed by atoms with van der Waals surface area (Å²) < 4.78 is 1.57. The summed E-state index contributed by atoms with van der Waals surface area (Å²) >= 11 is 11.9. The number of anilines is 1. The second-order valence-electron chi connectivity index (χ2n) is 4.07. The predicted octanol–water partition coefficient (Wildman–Crippen LogP) is 2.07. The summed E-state index contributed by atoms with van der Waals surface area (Å²) in [4.78, 5) is 11.9. The number of aromatic nitrogens is 3. The van der Waals surface area contributed by atoms with Crippen LogP contribution in [0.1, 0.15) is 12.1 Å². The Balaban J connectivity index is 1.92. The van der Waals surface area contributed by atoms with E-state index < -0.39 is 0 Å². The maximum absolute atomic E-state index is 11.9. The van der Waals surface area contributed by atoms with Gasteiger partial charge in [0.15, 0.2) is 0 Å². The van der Waals surface area contributed by atoms with Crippen LogP contribution >= 0.6 is 23.2 Å². The molecule has 20 heavy (non-hydrogen) atoms. The van der Waals surface area contributed by atoms with Gasteiger partial charge in [0.25, 0.3) is 0 Å². The van der Waals surface area contributed by atoms with Crippen LogP contribution in [0, 0.1) is 0 Å². The first-order valence-electron chi connectivity index (χ1n) is 5.93. The van der Waals surface area contributed by atoms with E-state index in [1.54, 1.807) is 29.1 Å². The third kappa shape index (κ3) is 3.69. The third-order valence-electron chi connectivity index (χ3n) is 2.59. The summed E-state index contributed by atoms with van der Waals surface area (Å²) in [5.74, 6) is -0.204. The number of nitrogens with zero attached hydrogens (tertiary/aromatic N) is 3. The van der Waals surface area contributed by atoms with Crippen LogP contribution in [-0.2, 0) is 17.9 Å². The van der Waals surface area contributed by atoms with Crippen LogP contribution in [0.15, 0.2) is 24.4 Å². The number of para-hydroxylation sites is 1. The molecule has 0 fully saturated rings.